The van der Waals surface area contributed by atoms with Crippen LogP contribution in [0.2, 0.25) is 0 Å². The van der Waals surface area contributed by atoms with E-state index in [4.69, 9.17) is 46.4 Å². The summed E-state index contributed by atoms with van der Waals surface area (Å²) in [5.74, 6) is -3.00. The van der Waals surface area contributed by atoms with E-state index in [1.807, 2.05) is 0 Å². The average molecular weight is 920 g/mol. The smallest absolute Gasteiger partial charge is 0.338 e. The molecular weight excluding hydrogens is 901 g/mol. The van der Waals surface area contributed by atoms with Gasteiger partial charge in [0.15, 0.2) is 5.41 Å². The largest absolute Gasteiger partial charge is 0.480 e. The molecule has 0 heterocycles. The molecule has 2 N–H and O–H groups in total. The van der Waals surface area contributed by atoms with E-state index in [-0.39, 0.29) is 5.33 Å². The summed E-state index contributed by atoms with van der Waals surface area (Å²) >= 11 is 48.3. The maximum Gasteiger partial charge on any atom is 0.338 e. The highest BCUT2D eigenvalue weighted by molar-refractivity contribution is 9.26. The van der Waals surface area contributed by atoms with Crippen molar-refractivity contribution in [1.29, 1.82) is 0 Å². The average Bonchev–Trinajstić information content (AvgIpc) is 2.65. The lowest BCUT2D eigenvalue weighted by Gasteiger charge is -2.62. The number of allylic oxidation sites excluding steroid dienone is 1. The molecule has 0 saturated carbocycles. The molecule has 0 amide bonds. The SMILES string of the molecule is CC(C)(CBr)C(Br)(Br)C1(Cl)C(Cl)=C(C(=O)O)C(Cl)=C(Cl)C1(C(=O)O)C(Br)(Br)C(C)(C)CBr. The van der Waals surface area contributed by atoms with Crippen molar-refractivity contribution in [3.63, 3.8) is 0 Å². The molecule has 14 heteroatoms. The Kier molecular flexibility index (Phi) is 10.5. The summed E-state index contributed by atoms with van der Waals surface area (Å²) in [5, 5.41) is 19.8. The van der Waals surface area contributed by atoms with E-state index in [2.05, 4.69) is 95.6 Å². The Labute approximate surface area is 257 Å². The lowest BCUT2D eigenvalue weighted by Crippen LogP contribution is -2.72. The molecule has 0 fully saturated rings. The van der Waals surface area contributed by atoms with E-state index in [9.17, 15) is 19.8 Å². The highest BCUT2D eigenvalue weighted by Crippen LogP contribution is 2.76. The minimum absolute atomic E-state index is 0.285. The number of carboxylic acid groups (broad SMARTS) is 2. The van der Waals surface area contributed by atoms with Crippen molar-refractivity contribution in [3.8, 4) is 0 Å². The maximum absolute atomic E-state index is 13.3. The van der Waals surface area contributed by atoms with E-state index in [0.717, 1.165) is 0 Å². The van der Waals surface area contributed by atoms with Crippen LogP contribution in [0.25, 0.3) is 0 Å². The van der Waals surface area contributed by atoms with Crippen LogP contribution in [0.1, 0.15) is 27.7 Å². The predicted octanol–water partition coefficient (Wildman–Crippen LogP) is 9.13. The number of halogens is 10. The van der Waals surface area contributed by atoms with Crippen LogP contribution in [0.5, 0.6) is 0 Å². The molecule has 1 aliphatic rings. The van der Waals surface area contributed by atoms with E-state index < -0.39 is 60.2 Å². The van der Waals surface area contributed by atoms with Crippen LogP contribution in [-0.2, 0) is 9.59 Å². The van der Waals surface area contributed by atoms with E-state index in [1.54, 1.807) is 27.7 Å². The second-order valence-corrected chi connectivity index (χ2v) is 18.2. The van der Waals surface area contributed by atoms with Crippen LogP contribution in [0.3, 0.4) is 0 Å². The summed E-state index contributed by atoms with van der Waals surface area (Å²) in [6.45, 7) is 7.07. The Morgan fingerprint density at radius 1 is 0.844 bits per heavy atom. The fourth-order valence-corrected chi connectivity index (χ4v) is 11.2. The molecule has 0 aromatic heterocycles. The van der Waals surface area contributed by atoms with Crippen LogP contribution in [-0.4, -0.2) is 44.2 Å². The van der Waals surface area contributed by atoms with Gasteiger partial charge in [-0.15, -0.1) is 11.6 Å². The molecule has 0 bridgehead atoms. The third-order valence-corrected chi connectivity index (χ3v) is 17.8. The lowest BCUT2D eigenvalue weighted by molar-refractivity contribution is -0.150. The second kappa shape index (κ2) is 10.3. The van der Waals surface area contributed by atoms with Crippen molar-refractivity contribution >= 4 is 154 Å². The molecule has 2 unspecified atom stereocenters. The third kappa shape index (κ3) is 4.20. The number of alkyl halides is 7. The summed E-state index contributed by atoms with van der Waals surface area (Å²) in [6, 6.07) is 0. The summed E-state index contributed by atoms with van der Waals surface area (Å²) in [4.78, 5) is 23.2. The normalized spacial score (nSPS) is 25.9. The molecule has 1 rings (SSSR count). The molecule has 1 aliphatic carbocycles. The standard InChI is InChI=1S/C18H18Br6Cl4O4/c1-13(2,5-19)17(21,22)15(12(31)32)10(27)8(25)7(11(29)30)9(26)16(15,28)18(23,24)14(3,4)6-20/h5-6H2,1-4H3,(H,29,30)(H,31,32). The Morgan fingerprint density at radius 2 is 1.22 bits per heavy atom. The molecule has 184 valence electrons. The van der Waals surface area contributed by atoms with Crippen LogP contribution >= 0.6 is 142 Å². The Morgan fingerprint density at radius 3 is 1.53 bits per heavy atom. The topological polar surface area (TPSA) is 74.6 Å². The molecule has 0 aromatic carbocycles. The summed E-state index contributed by atoms with van der Waals surface area (Å²) in [5.41, 5.74) is -4.71. The summed E-state index contributed by atoms with van der Waals surface area (Å²) < 4.78 is -3.16. The summed E-state index contributed by atoms with van der Waals surface area (Å²) in [7, 11) is 0. The van der Waals surface area contributed by atoms with Gasteiger partial charge in [-0.05, 0) is 0 Å². The van der Waals surface area contributed by atoms with Crippen LogP contribution in [0.15, 0.2) is 20.7 Å². The van der Waals surface area contributed by atoms with Gasteiger partial charge >= 0.3 is 11.9 Å². The third-order valence-electron chi connectivity index (χ3n) is 5.59. The van der Waals surface area contributed by atoms with E-state index in [0.29, 0.717) is 5.33 Å². The Hall–Kier alpha value is 2.46. The van der Waals surface area contributed by atoms with Gasteiger partial charge in [-0.3, -0.25) is 4.79 Å². The van der Waals surface area contributed by atoms with Crippen molar-refractivity contribution in [2.45, 2.75) is 39.0 Å². The van der Waals surface area contributed by atoms with Crippen LogP contribution in [0.4, 0.5) is 0 Å². The number of aliphatic carboxylic acids is 2. The molecular formula is C18H18Br6Cl4O4. The van der Waals surface area contributed by atoms with Gasteiger partial charge in [-0.25, -0.2) is 4.79 Å². The minimum Gasteiger partial charge on any atom is -0.480 e. The lowest BCUT2D eigenvalue weighted by atomic mass is 9.59. The van der Waals surface area contributed by atoms with Crippen molar-refractivity contribution in [2.24, 2.45) is 16.2 Å². The van der Waals surface area contributed by atoms with E-state index in [1.165, 1.54) is 0 Å². The molecule has 32 heavy (non-hydrogen) atoms. The van der Waals surface area contributed by atoms with Gasteiger partial charge in [-0.2, -0.15) is 0 Å². The first kappa shape index (κ1) is 32.5. The van der Waals surface area contributed by atoms with Gasteiger partial charge in [0.1, 0.15) is 11.3 Å². The van der Waals surface area contributed by atoms with Crippen molar-refractivity contribution in [1.82, 2.24) is 0 Å². The molecule has 4 nitrogen and oxygen atoms in total. The Bertz CT molecular complexity index is 902. The number of carboxylic acids is 2. The van der Waals surface area contributed by atoms with Gasteiger partial charge in [0.2, 0.25) is 0 Å². The number of rotatable bonds is 8. The van der Waals surface area contributed by atoms with Crippen LogP contribution < -0.4 is 0 Å². The first-order valence-corrected chi connectivity index (χ1v) is 15.5. The second-order valence-electron chi connectivity index (χ2n) is 8.52. The zero-order chi connectivity index (χ0) is 25.9. The quantitative estimate of drug-likeness (QED) is 0.239. The van der Waals surface area contributed by atoms with Crippen molar-refractivity contribution in [2.75, 3.05) is 10.7 Å². The first-order chi connectivity index (χ1) is 14.1. The Balaban J connectivity index is 4.57. The van der Waals surface area contributed by atoms with Gasteiger partial charge in [0.25, 0.3) is 0 Å². The molecule has 0 radical (unpaired) electrons. The fourth-order valence-electron chi connectivity index (χ4n) is 3.29. The first-order valence-electron chi connectivity index (χ1n) is 8.61. The van der Waals surface area contributed by atoms with Gasteiger partial charge < -0.3 is 10.2 Å². The predicted molar refractivity (Wildman–Crippen MR) is 154 cm³/mol. The van der Waals surface area contributed by atoms with Crippen molar-refractivity contribution in [3.05, 3.63) is 20.7 Å². The van der Waals surface area contributed by atoms with Crippen molar-refractivity contribution < 1.29 is 19.8 Å². The molecule has 2 atom stereocenters. The maximum atomic E-state index is 13.3. The minimum atomic E-state index is -2.35. The fraction of sp³-hybridized carbons (Fsp3) is 0.667. The monoisotopic (exact) mass is 912 g/mol. The van der Waals surface area contributed by atoms with Gasteiger partial charge in [-0.1, -0.05) is 158 Å². The van der Waals surface area contributed by atoms with Gasteiger partial charge in [0.05, 0.1) is 20.7 Å². The molecule has 0 saturated heterocycles. The van der Waals surface area contributed by atoms with E-state index >= 15 is 0 Å². The highest BCUT2D eigenvalue weighted by atomic mass is 79.9. The number of carbonyl (C=O) groups is 2. The molecule has 0 aromatic rings. The van der Waals surface area contributed by atoms with Crippen LogP contribution in [0, 0.1) is 16.2 Å². The molecule has 0 spiro atoms. The highest BCUT2D eigenvalue weighted by Gasteiger charge is 2.81. The number of hydrogen-bond donors (Lipinski definition) is 2. The molecule has 0 aliphatic heterocycles. The zero-order valence-electron chi connectivity index (χ0n) is 16.9. The number of hydrogen-bond acceptors (Lipinski definition) is 2. The zero-order valence-corrected chi connectivity index (χ0v) is 29.4. The van der Waals surface area contributed by atoms with Gasteiger partial charge in [0, 0.05) is 21.5 Å². The summed E-state index contributed by atoms with van der Waals surface area (Å²) in [6.07, 6.45) is 0.